The Morgan fingerprint density at radius 2 is 1.86 bits per heavy atom. The molecule has 0 aliphatic carbocycles. The van der Waals surface area contributed by atoms with Gasteiger partial charge in [-0.2, -0.15) is 4.31 Å². The molecule has 0 bridgehead atoms. The van der Waals surface area contributed by atoms with Gasteiger partial charge >= 0.3 is 0 Å². The number of nitrogens with zero attached hydrogens (tertiary/aromatic N) is 3. The van der Waals surface area contributed by atoms with Gasteiger partial charge in [-0.3, -0.25) is 0 Å². The number of fused-ring (bicyclic) bond motifs is 1. The van der Waals surface area contributed by atoms with Crippen molar-refractivity contribution in [3.05, 3.63) is 54.6 Å². The highest BCUT2D eigenvalue weighted by Crippen LogP contribution is 2.41. The van der Waals surface area contributed by atoms with E-state index in [0.717, 1.165) is 15.3 Å². The molecule has 2 aromatic carbocycles. The summed E-state index contributed by atoms with van der Waals surface area (Å²) >= 11 is 1.52. The number of rotatable bonds is 3. The lowest BCUT2D eigenvalue weighted by Gasteiger charge is -2.44. The Morgan fingerprint density at radius 1 is 1.10 bits per heavy atom. The second-order valence-electron chi connectivity index (χ2n) is 7.21. The molecule has 9 heteroatoms. The van der Waals surface area contributed by atoms with Crippen molar-refractivity contribution in [2.24, 2.45) is 0 Å². The number of hydrogen-bond acceptors (Lipinski definition) is 6. The highest BCUT2D eigenvalue weighted by atomic mass is 32.2. The highest BCUT2D eigenvalue weighted by Gasteiger charge is 2.57. The number of alkyl halides is 1. The number of halogens is 1. The summed E-state index contributed by atoms with van der Waals surface area (Å²) in [7, 11) is -3.85. The Labute approximate surface area is 172 Å². The van der Waals surface area contributed by atoms with Gasteiger partial charge in [-0.05, 0) is 24.3 Å². The van der Waals surface area contributed by atoms with Gasteiger partial charge < -0.3 is 9.64 Å². The first-order valence-corrected chi connectivity index (χ1v) is 11.7. The first-order valence-electron chi connectivity index (χ1n) is 9.47. The molecule has 2 fully saturated rings. The molecule has 6 nitrogen and oxygen atoms in total. The van der Waals surface area contributed by atoms with Gasteiger partial charge in [0.25, 0.3) is 0 Å². The van der Waals surface area contributed by atoms with Gasteiger partial charge in [-0.25, -0.2) is 17.8 Å². The topological polar surface area (TPSA) is 62.7 Å². The number of aromatic nitrogens is 1. The minimum atomic E-state index is -3.85. The van der Waals surface area contributed by atoms with E-state index in [4.69, 9.17) is 4.74 Å². The molecule has 3 aromatic rings. The molecule has 3 heterocycles. The number of para-hydroxylation sites is 1. The summed E-state index contributed by atoms with van der Waals surface area (Å²) in [5.74, 6) is 0. The van der Waals surface area contributed by atoms with E-state index in [2.05, 4.69) is 4.98 Å². The molecule has 2 atom stereocenters. The van der Waals surface area contributed by atoms with Crippen LogP contribution in [0.5, 0.6) is 0 Å². The molecule has 5 rings (SSSR count). The van der Waals surface area contributed by atoms with Gasteiger partial charge in [0.05, 0.1) is 28.3 Å². The average molecular weight is 434 g/mol. The molecular weight excluding hydrogens is 413 g/mol. The average Bonchev–Trinajstić information content (AvgIpc) is 3.36. The number of thiazole rings is 1. The van der Waals surface area contributed by atoms with Crippen LogP contribution in [0.15, 0.2) is 59.5 Å². The van der Waals surface area contributed by atoms with Crippen molar-refractivity contribution in [3.63, 3.8) is 0 Å². The first-order chi connectivity index (χ1) is 14.0. The molecule has 2 unspecified atom stereocenters. The molecule has 152 valence electrons. The zero-order valence-electron chi connectivity index (χ0n) is 15.6. The van der Waals surface area contributed by atoms with Crippen molar-refractivity contribution >= 4 is 36.7 Å². The maximum atomic E-state index is 15.5. The van der Waals surface area contributed by atoms with Gasteiger partial charge in [0.1, 0.15) is 0 Å². The van der Waals surface area contributed by atoms with Gasteiger partial charge in [0, 0.05) is 19.5 Å². The first kappa shape index (κ1) is 18.9. The maximum absolute atomic E-state index is 15.5. The Balaban J connectivity index is 1.43. The molecule has 2 aliphatic rings. The Hall–Kier alpha value is -2.07. The molecule has 1 aromatic heterocycles. The minimum Gasteiger partial charge on any atom is -0.355 e. The van der Waals surface area contributed by atoms with E-state index in [1.54, 1.807) is 18.2 Å². The van der Waals surface area contributed by atoms with Crippen LogP contribution in [0.25, 0.3) is 10.2 Å². The van der Waals surface area contributed by atoms with Crippen LogP contribution < -0.4 is 4.90 Å². The van der Waals surface area contributed by atoms with Crippen LogP contribution >= 0.6 is 11.3 Å². The van der Waals surface area contributed by atoms with E-state index >= 15 is 4.39 Å². The van der Waals surface area contributed by atoms with Crippen molar-refractivity contribution in [3.8, 4) is 0 Å². The smallest absolute Gasteiger partial charge is 0.245 e. The van der Waals surface area contributed by atoms with E-state index in [9.17, 15) is 8.42 Å². The largest absolute Gasteiger partial charge is 0.355 e. The van der Waals surface area contributed by atoms with Gasteiger partial charge in [0.15, 0.2) is 17.0 Å². The molecule has 29 heavy (non-hydrogen) atoms. The van der Waals surface area contributed by atoms with Crippen molar-refractivity contribution in [2.45, 2.75) is 23.2 Å². The molecule has 2 saturated heterocycles. The van der Waals surface area contributed by atoms with E-state index in [0.29, 0.717) is 6.54 Å². The molecule has 0 N–H and O–H groups in total. The highest BCUT2D eigenvalue weighted by molar-refractivity contribution is 7.89. The Kier molecular flexibility index (Phi) is 4.58. The lowest BCUT2D eigenvalue weighted by Crippen LogP contribution is -2.62. The van der Waals surface area contributed by atoms with Crippen molar-refractivity contribution in [2.75, 3.05) is 31.1 Å². The summed E-state index contributed by atoms with van der Waals surface area (Å²) in [6, 6.07) is 15.9. The zero-order valence-corrected chi connectivity index (χ0v) is 17.2. The fourth-order valence-electron chi connectivity index (χ4n) is 4.10. The summed E-state index contributed by atoms with van der Waals surface area (Å²) in [5.41, 5.74) is -0.574. The summed E-state index contributed by atoms with van der Waals surface area (Å²) in [5, 5.41) is 0.749. The predicted molar refractivity (Wildman–Crippen MR) is 110 cm³/mol. The second kappa shape index (κ2) is 7.02. The van der Waals surface area contributed by atoms with Gasteiger partial charge in [-0.15, -0.1) is 0 Å². The van der Waals surface area contributed by atoms with E-state index in [1.165, 1.54) is 27.8 Å². The maximum Gasteiger partial charge on any atom is 0.245 e. The molecular formula is C20H20FN3O3S2. The van der Waals surface area contributed by atoms with Gasteiger partial charge in [0.2, 0.25) is 10.0 Å². The third kappa shape index (κ3) is 3.04. The number of anilines is 1. The van der Waals surface area contributed by atoms with Gasteiger partial charge in [-0.1, -0.05) is 41.7 Å². The second-order valence-corrected chi connectivity index (χ2v) is 10.1. The third-order valence-electron chi connectivity index (χ3n) is 5.56. The summed E-state index contributed by atoms with van der Waals surface area (Å²) in [6.45, 7) is 0.855. The standard InChI is InChI=1S/C20H20FN3O3S2/c21-18-14-23(19-22-16-8-4-5-9-17(16)28-19)11-10-20(18)24(12-13-27-20)29(25,26)15-6-2-1-3-7-15/h1-9,18H,10-14H2. The Bertz CT molecular complexity index is 1110. The summed E-state index contributed by atoms with van der Waals surface area (Å²) < 4.78 is 49.9. The summed E-state index contributed by atoms with van der Waals surface area (Å²) in [6.07, 6.45) is -1.24. The number of benzene rings is 2. The number of ether oxygens (including phenoxy) is 1. The minimum absolute atomic E-state index is 0.0423. The van der Waals surface area contributed by atoms with E-state index in [1.807, 2.05) is 29.2 Å². The number of hydrogen-bond donors (Lipinski definition) is 0. The van der Waals surface area contributed by atoms with Crippen LogP contribution in [0.2, 0.25) is 0 Å². The number of piperidine rings is 1. The molecule has 0 amide bonds. The van der Waals surface area contributed by atoms with Crippen molar-refractivity contribution in [1.82, 2.24) is 9.29 Å². The molecule has 0 radical (unpaired) electrons. The van der Waals surface area contributed by atoms with Crippen LogP contribution in [0.3, 0.4) is 0 Å². The van der Waals surface area contributed by atoms with Crippen LogP contribution in [0.4, 0.5) is 9.52 Å². The van der Waals surface area contributed by atoms with Crippen LogP contribution in [0.1, 0.15) is 6.42 Å². The normalized spacial score (nSPS) is 25.8. The lowest BCUT2D eigenvalue weighted by atomic mass is 9.99. The van der Waals surface area contributed by atoms with Crippen molar-refractivity contribution in [1.29, 1.82) is 0 Å². The van der Waals surface area contributed by atoms with E-state index < -0.39 is 21.9 Å². The fourth-order valence-corrected chi connectivity index (χ4v) is 6.84. The monoisotopic (exact) mass is 433 g/mol. The number of sulfonamides is 1. The molecule has 1 spiro atoms. The van der Waals surface area contributed by atoms with Crippen molar-refractivity contribution < 1.29 is 17.5 Å². The molecule has 0 saturated carbocycles. The molecule has 2 aliphatic heterocycles. The van der Waals surface area contributed by atoms with E-state index in [-0.39, 0.29) is 31.0 Å². The predicted octanol–water partition coefficient (Wildman–Crippen LogP) is 3.26. The SMILES string of the molecule is O=S(=O)(c1ccccc1)N1CCOC12CCN(c1nc3ccccc3s1)CC2F. The van der Waals surface area contributed by atoms with Crippen LogP contribution in [-0.2, 0) is 14.8 Å². The lowest BCUT2D eigenvalue weighted by molar-refractivity contribution is -0.116. The third-order valence-corrected chi connectivity index (χ3v) is 8.60. The summed E-state index contributed by atoms with van der Waals surface area (Å²) in [4.78, 5) is 6.65. The van der Waals surface area contributed by atoms with Crippen LogP contribution in [-0.4, -0.2) is 55.8 Å². The fraction of sp³-hybridized carbons (Fsp3) is 0.350. The van der Waals surface area contributed by atoms with Crippen LogP contribution in [0, 0.1) is 0 Å². The Morgan fingerprint density at radius 3 is 2.62 bits per heavy atom. The quantitative estimate of drug-likeness (QED) is 0.635. The zero-order chi connectivity index (χ0) is 20.1.